The Hall–Kier alpha value is 0.180. The first-order chi connectivity index (χ1) is 6.88. The molecule has 2 aliphatic heterocycles. The van der Waals surface area contributed by atoms with Gasteiger partial charge in [-0.25, -0.2) is 0 Å². The van der Waals surface area contributed by atoms with E-state index in [-0.39, 0.29) is 0 Å². The molecule has 74 valence electrons. The lowest BCUT2D eigenvalue weighted by molar-refractivity contribution is 1.28. The van der Waals surface area contributed by atoms with Gasteiger partial charge in [-0.1, -0.05) is 54.0 Å². The standard InChI is InChI=1S/C6H4S4.C4H6/c1-2-8-5(7-1)6-9-3-4-10-6;1-3-4-2/h1-4H;1H,4H2,2H3. The molecule has 4 heteroatoms. The summed E-state index contributed by atoms with van der Waals surface area (Å²) >= 11 is 7.28. The summed E-state index contributed by atoms with van der Waals surface area (Å²) in [7, 11) is 0. The topological polar surface area (TPSA) is 0 Å². The summed E-state index contributed by atoms with van der Waals surface area (Å²) in [5.41, 5.74) is 0. The summed E-state index contributed by atoms with van der Waals surface area (Å²) in [6.07, 6.45) is 5.62. The molecule has 0 spiro atoms. The fourth-order valence-electron chi connectivity index (χ4n) is 0.606. The molecule has 0 saturated carbocycles. The van der Waals surface area contributed by atoms with Crippen molar-refractivity contribution in [1.82, 2.24) is 0 Å². The predicted octanol–water partition coefficient (Wildman–Crippen LogP) is 5.05. The van der Waals surface area contributed by atoms with E-state index in [4.69, 9.17) is 6.42 Å². The van der Waals surface area contributed by atoms with Crippen molar-refractivity contribution in [2.75, 3.05) is 0 Å². The van der Waals surface area contributed by atoms with Crippen molar-refractivity contribution in [3.63, 3.8) is 0 Å². The molecule has 0 saturated heterocycles. The van der Waals surface area contributed by atoms with Gasteiger partial charge in [0.2, 0.25) is 0 Å². The van der Waals surface area contributed by atoms with E-state index in [0.717, 1.165) is 6.42 Å². The lowest BCUT2D eigenvalue weighted by Crippen LogP contribution is -1.62. The van der Waals surface area contributed by atoms with Gasteiger partial charge in [-0.05, 0) is 21.6 Å². The smallest absolute Gasteiger partial charge is 0.0694 e. The van der Waals surface area contributed by atoms with Gasteiger partial charge in [0.25, 0.3) is 0 Å². The monoisotopic (exact) mass is 258 g/mol. The summed E-state index contributed by atoms with van der Waals surface area (Å²) in [4.78, 5) is 0. The molecule has 14 heavy (non-hydrogen) atoms. The summed E-state index contributed by atoms with van der Waals surface area (Å²) in [5.74, 6) is 2.43. The minimum atomic E-state index is 0.847. The van der Waals surface area contributed by atoms with E-state index in [9.17, 15) is 0 Å². The second kappa shape index (κ2) is 7.47. The van der Waals surface area contributed by atoms with Crippen LogP contribution in [-0.2, 0) is 0 Å². The third kappa shape index (κ3) is 4.14. The quantitative estimate of drug-likeness (QED) is 0.558. The van der Waals surface area contributed by atoms with E-state index in [0.29, 0.717) is 0 Å². The molecule has 0 N–H and O–H groups in total. The van der Waals surface area contributed by atoms with Crippen molar-refractivity contribution >= 4 is 47.0 Å². The number of terminal acetylenes is 1. The van der Waals surface area contributed by atoms with Crippen LogP contribution in [0.2, 0.25) is 0 Å². The Kier molecular flexibility index (Phi) is 6.54. The molecule has 0 aromatic heterocycles. The molecule has 0 bridgehead atoms. The number of hydrogen-bond acceptors (Lipinski definition) is 4. The maximum atomic E-state index is 4.78. The van der Waals surface area contributed by atoms with Crippen LogP contribution in [-0.4, -0.2) is 0 Å². The highest BCUT2D eigenvalue weighted by atomic mass is 32.2. The van der Waals surface area contributed by atoms with Crippen molar-refractivity contribution in [2.24, 2.45) is 0 Å². The molecule has 0 aromatic carbocycles. The molecule has 2 heterocycles. The first kappa shape index (κ1) is 12.3. The van der Waals surface area contributed by atoms with E-state index >= 15 is 0 Å². The lowest BCUT2D eigenvalue weighted by atomic mass is 10.5. The van der Waals surface area contributed by atoms with Gasteiger partial charge in [0.15, 0.2) is 0 Å². The molecule has 0 aliphatic carbocycles. The fraction of sp³-hybridized carbons (Fsp3) is 0.200. The van der Waals surface area contributed by atoms with Crippen LogP contribution in [0.5, 0.6) is 0 Å². The molecule has 0 fully saturated rings. The second-order valence-electron chi connectivity index (χ2n) is 2.15. The highest BCUT2D eigenvalue weighted by Crippen LogP contribution is 2.50. The lowest BCUT2D eigenvalue weighted by Gasteiger charge is -1.97. The average molecular weight is 258 g/mol. The zero-order valence-electron chi connectivity index (χ0n) is 7.73. The van der Waals surface area contributed by atoms with Gasteiger partial charge < -0.3 is 0 Å². The molecule has 0 atom stereocenters. The first-order valence-electron chi connectivity index (χ1n) is 4.03. The Bertz CT molecular complexity index is 263. The number of thioether (sulfide) groups is 4. The third-order valence-corrected chi connectivity index (χ3v) is 5.96. The molecule has 2 aliphatic rings. The third-order valence-electron chi connectivity index (χ3n) is 1.18. The summed E-state index contributed by atoms with van der Waals surface area (Å²) in [6.45, 7) is 1.94. The van der Waals surface area contributed by atoms with Gasteiger partial charge in [-0.2, -0.15) is 0 Å². The van der Waals surface area contributed by atoms with Gasteiger partial charge in [0, 0.05) is 6.42 Å². The molecule has 0 amide bonds. The zero-order valence-corrected chi connectivity index (χ0v) is 11.0. The summed E-state index contributed by atoms with van der Waals surface area (Å²) < 4.78 is 2.86. The van der Waals surface area contributed by atoms with Gasteiger partial charge >= 0.3 is 0 Å². The Morgan fingerprint density at radius 3 is 1.50 bits per heavy atom. The first-order valence-corrected chi connectivity index (χ1v) is 7.54. The van der Waals surface area contributed by atoms with Gasteiger partial charge in [-0.3, -0.25) is 0 Å². The summed E-state index contributed by atoms with van der Waals surface area (Å²) in [6, 6.07) is 0. The van der Waals surface area contributed by atoms with Crippen LogP contribution >= 0.6 is 47.0 Å². The van der Waals surface area contributed by atoms with Crippen LogP contribution in [0.25, 0.3) is 0 Å². The van der Waals surface area contributed by atoms with Crippen LogP contribution in [0.15, 0.2) is 30.1 Å². The SMILES string of the molecule is C#CCC.C1=CSC(=C2SC=CS2)S1. The molecular weight excluding hydrogens is 248 g/mol. The fourth-order valence-corrected chi connectivity index (χ4v) is 4.64. The van der Waals surface area contributed by atoms with Crippen LogP contribution in [0.4, 0.5) is 0 Å². The van der Waals surface area contributed by atoms with Crippen molar-refractivity contribution in [3.8, 4) is 12.3 Å². The second-order valence-corrected chi connectivity index (χ2v) is 6.33. The van der Waals surface area contributed by atoms with Gasteiger partial charge in [0.05, 0.1) is 8.47 Å². The normalized spacial score (nSPS) is 18.0. The van der Waals surface area contributed by atoms with Crippen LogP contribution in [0, 0.1) is 12.3 Å². The van der Waals surface area contributed by atoms with Crippen LogP contribution < -0.4 is 0 Å². The van der Waals surface area contributed by atoms with Crippen molar-refractivity contribution in [3.05, 3.63) is 30.1 Å². The van der Waals surface area contributed by atoms with E-state index in [2.05, 4.69) is 27.6 Å². The van der Waals surface area contributed by atoms with E-state index in [1.165, 1.54) is 8.47 Å². The van der Waals surface area contributed by atoms with Crippen molar-refractivity contribution < 1.29 is 0 Å². The van der Waals surface area contributed by atoms with E-state index in [1.54, 1.807) is 0 Å². The van der Waals surface area contributed by atoms with Crippen LogP contribution in [0.1, 0.15) is 13.3 Å². The Morgan fingerprint density at radius 2 is 1.29 bits per heavy atom. The molecular formula is C10H10S4. The maximum Gasteiger partial charge on any atom is 0.0694 e. The van der Waals surface area contributed by atoms with Gasteiger partial charge in [-0.15, -0.1) is 12.3 Å². The number of hydrogen-bond donors (Lipinski definition) is 0. The average Bonchev–Trinajstić information content (AvgIpc) is 2.89. The maximum absolute atomic E-state index is 4.78. The molecule has 0 unspecified atom stereocenters. The van der Waals surface area contributed by atoms with Crippen molar-refractivity contribution in [1.29, 1.82) is 0 Å². The molecule has 0 aromatic rings. The highest BCUT2D eigenvalue weighted by Gasteiger charge is 2.12. The Labute approximate surface area is 102 Å². The number of rotatable bonds is 0. The Balaban J connectivity index is 0.000000213. The van der Waals surface area contributed by atoms with Crippen LogP contribution in [0.3, 0.4) is 0 Å². The summed E-state index contributed by atoms with van der Waals surface area (Å²) in [5, 5.41) is 8.53. The van der Waals surface area contributed by atoms with E-state index < -0.39 is 0 Å². The van der Waals surface area contributed by atoms with E-state index in [1.807, 2.05) is 54.0 Å². The highest BCUT2D eigenvalue weighted by molar-refractivity contribution is 8.33. The molecule has 0 nitrogen and oxygen atoms in total. The minimum absolute atomic E-state index is 0.847. The predicted molar refractivity (Wildman–Crippen MR) is 74.8 cm³/mol. The zero-order chi connectivity index (χ0) is 10.2. The Morgan fingerprint density at radius 1 is 1.00 bits per heavy atom. The largest absolute Gasteiger partial charge is 0.120 e. The minimum Gasteiger partial charge on any atom is -0.120 e. The molecule has 2 rings (SSSR count). The molecule has 0 radical (unpaired) electrons. The van der Waals surface area contributed by atoms with Crippen molar-refractivity contribution in [2.45, 2.75) is 13.3 Å². The van der Waals surface area contributed by atoms with Gasteiger partial charge in [0.1, 0.15) is 0 Å².